The second-order valence-corrected chi connectivity index (χ2v) is 8.34. The zero-order valence-corrected chi connectivity index (χ0v) is 16.9. The Morgan fingerprint density at radius 1 is 1.14 bits per heavy atom. The van der Waals surface area contributed by atoms with Crippen LogP contribution in [0.1, 0.15) is 31.9 Å². The van der Waals surface area contributed by atoms with Gasteiger partial charge in [-0.2, -0.15) is 0 Å². The summed E-state index contributed by atoms with van der Waals surface area (Å²) >= 11 is 0. The van der Waals surface area contributed by atoms with Crippen LogP contribution in [-0.4, -0.2) is 23.0 Å². The molecule has 6 heteroatoms. The van der Waals surface area contributed by atoms with Crippen LogP contribution in [0.25, 0.3) is 22.1 Å². The van der Waals surface area contributed by atoms with Crippen molar-refractivity contribution in [3.05, 3.63) is 64.0 Å². The van der Waals surface area contributed by atoms with Crippen molar-refractivity contribution >= 4 is 22.7 Å². The zero-order valence-electron chi connectivity index (χ0n) is 16.9. The first-order chi connectivity index (χ1) is 13.6. The van der Waals surface area contributed by atoms with E-state index < -0.39 is 17.9 Å². The van der Waals surface area contributed by atoms with Crippen LogP contribution in [0.3, 0.4) is 0 Å². The highest BCUT2D eigenvalue weighted by atomic mass is 16.6. The molecule has 1 aromatic heterocycles. The van der Waals surface area contributed by atoms with Crippen LogP contribution >= 0.6 is 0 Å². The molecule has 0 aliphatic carbocycles. The lowest BCUT2D eigenvalue weighted by atomic mass is 10.00. The molecule has 0 saturated heterocycles. The normalized spacial score (nSPS) is 16.2. The number of aliphatic hydroxyl groups excluding tert-OH is 1. The predicted molar refractivity (Wildman–Crippen MR) is 111 cm³/mol. The third-order valence-electron chi connectivity index (χ3n) is 4.91. The van der Waals surface area contributed by atoms with Crippen LogP contribution in [0, 0.1) is 6.92 Å². The fraction of sp³-hybridized carbons (Fsp3) is 0.304. The molecule has 0 fully saturated rings. The molecule has 6 nitrogen and oxygen atoms in total. The van der Waals surface area contributed by atoms with E-state index in [4.69, 9.17) is 9.15 Å². The molecule has 0 bridgehead atoms. The van der Waals surface area contributed by atoms with E-state index in [-0.39, 0.29) is 5.63 Å². The number of anilines is 1. The van der Waals surface area contributed by atoms with E-state index in [1.54, 1.807) is 26.8 Å². The van der Waals surface area contributed by atoms with E-state index in [2.05, 4.69) is 0 Å². The minimum absolute atomic E-state index is 0.324. The molecule has 150 valence electrons. The summed E-state index contributed by atoms with van der Waals surface area (Å²) in [7, 11) is 0. The molecule has 1 N–H and O–H groups in total. The Hall–Kier alpha value is -3.12. The van der Waals surface area contributed by atoms with Gasteiger partial charge in [0.15, 0.2) is 0 Å². The van der Waals surface area contributed by atoms with Crippen molar-refractivity contribution in [2.75, 3.05) is 4.90 Å². The molecule has 1 atom stereocenters. The zero-order chi connectivity index (χ0) is 20.9. The standard InChI is InChI=1S/C23H23NO5/c1-13-9-21(26)28-19-11-15(5-7-17(13)19)14-6-8-18-16(10-14)12-20(25)24(18)22(27)29-23(2,3)4/h5-11,20,25H,12H2,1-4H3. The average molecular weight is 393 g/mol. The maximum absolute atomic E-state index is 12.5. The lowest BCUT2D eigenvalue weighted by Crippen LogP contribution is -2.41. The molecule has 1 aliphatic rings. The lowest BCUT2D eigenvalue weighted by Gasteiger charge is -2.26. The van der Waals surface area contributed by atoms with Crippen LogP contribution in [0.15, 0.2) is 51.7 Å². The molecule has 1 aliphatic heterocycles. The molecule has 4 rings (SSSR count). The second-order valence-electron chi connectivity index (χ2n) is 8.34. The maximum atomic E-state index is 12.5. The number of carbonyl (C=O) groups is 1. The fourth-order valence-electron chi connectivity index (χ4n) is 3.65. The number of fused-ring (bicyclic) bond motifs is 2. The summed E-state index contributed by atoms with van der Waals surface area (Å²) in [5.41, 5.74) is 3.67. The Morgan fingerprint density at radius 2 is 1.83 bits per heavy atom. The predicted octanol–water partition coefficient (Wildman–Crippen LogP) is 4.38. The molecule has 2 aromatic carbocycles. The van der Waals surface area contributed by atoms with Gasteiger partial charge < -0.3 is 14.3 Å². The van der Waals surface area contributed by atoms with Crippen molar-refractivity contribution in [3.63, 3.8) is 0 Å². The third kappa shape index (κ3) is 3.63. The number of aryl methyl sites for hydroxylation is 1. The molecule has 0 spiro atoms. The van der Waals surface area contributed by atoms with Crippen LogP contribution in [0.2, 0.25) is 0 Å². The van der Waals surface area contributed by atoms with Gasteiger partial charge in [-0.15, -0.1) is 0 Å². The van der Waals surface area contributed by atoms with Gasteiger partial charge in [0.05, 0.1) is 5.69 Å². The number of rotatable bonds is 1. The highest BCUT2D eigenvalue weighted by Gasteiger charge is 2.35. The molecule has 1 unspecified atom stereocenters. The van der Waals surface area contributed by atoms with Crippen molar-refractivity contribution < 1.29 is 19.1 Å². The molecule has 29 heavy (non-hydrogen) atoms. The number of aliphatic hydroxyl groups is 1. The Morgan fingerprint density at radius 3 is 2.55 bits per heavy atom. The molecule has 2 heterocycles. The summed E-state index contributed by atoms with van der Waals surface area (Å²) in [4.78, 5) is 25.5. The molecule has 0 saturated carbocycles. The van der Waals surface area contributed by atoms with Crippen LogP contribution in [0.4, 0.5) is 10.5 Å². The maximum Gasteiger partial charge on any atom is 0.416 e. The van der Waals surface area contributed by atoms with Crippen LogP contribution in [-0.2, 0) is 11.2 Å². The fourth-order valence-corrected chi connectivity index (χ4v) is 3.65. The summed E-state index contributed by atoms with van der Waals surface area (Å²) in [6.07, 6.45) is -1.21. The quantitative estimate of drug-likeness (QED) is 0.621. The first-order valence-electron chi connectivity index (χ1n) is 9.50. The number of ether oxygens (including phenoxy) is 1. The van der Waals surface area contributed by atoms with Gasteiger partial charge in [0, 0.05) is 17.9 Å². The summed E-state index contributed by atoms with van der Waals surface area (Å²) in [5, 5.41) is 11.3. The molecule has 3 aromatic rings. The first kappa shape index (κ1) is 19.2. The number of carbonyl (C=O) groups excluding carboxylic acids is 1. The third-order valence-corrected chi connectivity index (χ3v) is 4.91. The van der Waals surface area contributed by atoms with Crippen molar-refractivity contribution in [1.82, 2.24) is 0 Å². The van der Waals surface area contributed by atoms with Gasteiger partial charge in [0.1, 0.15) is 17.4 Å². The minimum atomic E-state index is -0.965. The molecular formula is C23H23NO5. The van der Waals surface area contributed by atoms with Gasteiger partial charge in [-0.05, 0) is 68.1 Å². The molecule has 0 radical (unpaired) electrons. The van der Waals surface area contributed by atoms with E-state index in [1.165, 1.54) is 11.0 Å². The topological polar surface area (TPSA) is 80.0 Å². The Kier molecular flexibility index (Phi) is 4.46. The largest absolute Gasteiger partial charge is 0.443 e. The number of hydrogen-bond acceptors (Lipinski definition) is 5. The van der Waals surface area contributed by atoms with Gasteiger partial charge in [0.25, 0.3) is 0 Å². The van der Waals surface area contributed by atoms with Crippen molar-refractivity contribution in [1.29, 1.82) is 0 Å². The summed E-state index contributed by atoms with van der Waals surface area (Å²) in [6, 6.07) is 12.8. The van der Waals surface area contributed by atoms with Gasteiger partial charge >= 0.3 is 11.7 Å². The number of hydrogen-bond donors (Lipinski definition) is 1. The number of benzene rings is 2. The van der Waals surface area contributed by atoms with E-state index in [0.717, 1.165) is 27.6 Å². The number of amides is 1. The van der Waals surface area contributed by atoms with Gasteiger partial charge in [-0.1, -0.05) is 18.2 Å². The van der Waals surface area contributed by atoms with E-state index >= 15 is 0 Å². The van der Waals surface area contributed by atoms with Crippen molar-refractivity contribution in [2.24, 2.45) is 0 Å². The van der Waals surface area contributed by atoms with Crippen LogP contribution < -0.4 is 10.5 Å². The van der Waals surface area contributed by atoms with Crippen LogP contribution in [0.5, 0.6) is 0 Å². The summed E-state index contributed by atoms with van der Waals surface area (Å²) in [5.74, 6) is 0. The highest BCUT2D eigenvalue weighted by Crippen LogP contribution is 2.36. The average Bonchev–Trinajstić information content (AvgIpc) is 2.94. The smallest absolute Gasteiger partial charge is 0.416 e. The van der Waals surface area contributed by atoms with E-state index in [0.29, 0.717) is 17.7 Å². The molecule has 1 amide bonds. The Labute approximate surface area is 168 Å². The first-order valence-corrected chi connectivity index (χ1v) is 9.50. The summed E-state index contributed by atoms with van der Waals surface area (Å²) < 4.78 is 10.8. The lowest BCUT2D eigenvalue weighted by molar-refractivity contribution is 0.0490. The Balaban J connectivity index is 1.71. The number of nitrogens with zero attached hydrogens (tertiary/aromatic N) is 1. The Bertz CT molecular complexity index is 1170. The van der Waals surface area contributed by atoms with Crippen molar-refractivity contribution in [3.8, 4) is 11.1 Å². The highest BCUT2D eigenvalue weighted by molar-refractivity contribution is 5.92. The van der Waals surface area contributed by atoms with E-state index in [9.17, 15) is 14.7 Å². The van der Waals surface area contributed by atoms with Gasteiger partial charge in [-0.3, -0.25) is 4.90 Å². The van der Waals surface area contributed by atoms with E-state index in [1.807, 2.05) is 37.3 Å². The minimum Gasteiger partial charge on any atom is -0.443 e. The van der Waals surface area contributed by atoms with Crippen molar-refractivity contribution in [2.45, 2.75) is 45.9 Å². The monoisotopic (exact) mass is 393 g/mol. The van der Waals surface area contributed by atoms with Gasteiger partial charge in [-0.25, -0.2) is 9.59 Å². The summed E-state index contributed by atoms with van der Waals surface area (Å²) in [6.45, 7) is 7.24. The van der Waals surface area contributed by atoms with Gasteiger partial charge in [0.2, 0.25) is 0 Å². The molecular weight excluding hydrogens is 370 g/mol. The second kappa shape index (κ2) is 6.74. The SMILES string of the molecule is Cc1cc(=O)oc2cc(-c3ccc4c(c3)CC(O)N4C(=O)OC(C)(C)C)ccc12.